The highest BCUT2D eigenvalue weighted by molar-refractivity contribution is 7.87. The van der Waals surface area contributed by atoms with E-state index in [1.54, 1.807) is 4.31 Å². The molecule has 1 aromatic carbocycles. The van der Waals surface area contributed by atoms with E-state index in [-0.39, 0.29) is 0 Å². The van der Waals surface area contributed by atoms with Crippen molar-refractivity contribution in [2.75, 3.05) is 39.4 Å². The summed E-state index contributed by atoms with van der Waals surface area (Å²) >= 11 is 0. The highest BCUT2D eigenvalue weighted by atomic mass is 32.2. The Hall–Kier alpha value is -0.990. The fourth-order valence-corrected chi connectivity index (χ4v) is 4.51. The fraction of sp³-hybridized carbons (Fsp3) is 0.647. The Morgan fingerprint density at radius 2 is 1.62 bits per heavy atom. The van der Waals surface area contributed by atoms with Crippen LogP contribution in [0.5, 0.6) is 0 Å². The van der Waals surface area contributed by atoms with Gasteiger partial charge in [0.15, 0.2) is 0 Å². The number of ether oxygens (including phenoxy) is 1. The van der Waals surface area contributed by atoms with Crippen LogP contribution in [0.3, 0.4) is 0 Å². The summed E-state index contributed by atoms with van der Waals surface area (Å²) in [5, 5.41) is 0. The van der Waals surface area contributed by atoms with Gasteiger partial charge in [-0.25, -0.2) is 0 Å². The molecule has 7 heteroatoms. The normalized spacial score (nSPS) is 21.0. The topological polar surface area (TPSA) is 61.9 Å². The first-order valence-electron chi connectivity index (χ1n) is 8.77. The number of hydrogen-bond acceptors (Lipinski definition) is 4. The lowest BCUT2D eigenvalue weighted by atomic mass is 10.1. The van der Waals surface area contributed by atoms with Gasteiger partial charge in [0.2, 0.25) is 0 Å². The van der Waals surface area contributed by atoms with Gasteiger partial charge < -0.3 is 4.74 Å². The molecule has 0 unspecified atom stereocenters. The zero-order chi connectivity index (χ0) is 16.8. The molecule has 0 radical (unpaired) electrons. The minimum atomic E-state index is -3.38. The van der Waals surface area contributed by atoms with Crippen molar-refractivity contribution in [3.8, 4) is 0 Å². The van der Waals surface area contributed by atoms with Crippen LogP contribution in [0.1, 0.15) is 30.4 Å². The average Bonchev–Trinajstić information content (AvgIpc) is 2.63. The first kappa shape index (κ1) is 17.8. The number of nitrogens with zero attached hydrogens (tertiary/aromatic N) is 2. The highest BCUT2D eigenvalue weighted by Gasteiger charge is 2.23. The minimum Gasteiger partial charge on any atom is -0.379 e. The molecule has 134 valence electrons. The SMILES string of the molecule is O=S(=O)(NCc1ccccc1CN1CCOCC1)N1CCCCC1. The van der Waals surface area contributed by atoms with E-state index < -0.39 is 10.2 Å². The predicted octanol–water partition coefficient (Wildman–Crippen LogP) is 1.34. The van der Waals surface area contributed by atoms with E-state index in [2.05, 4.69) is 15.7 Å². The van der Waals surface area contributed by atoms with Gasteiger partial charge >= 0.3 is 0 Å². The quantitative estimate of drug-likeness (QED) is 0.838. The summed E-state index contributed by atoms with van der Waals surface area (Å²) in [6.45, 7) is 5.83. The maximum absolute atomic E-state index is 12.4. The molecule has 0 saturated carbocycles. The van der Waals surface area contributed by atoms with E-state index in [0.717, 1.165) is 57.7 Å². The number of hydrogen-bond donors (Lipinski definition) is 1. The van der Waals surface area contributed by atoms with Crippen molar-refractivity contribution in [3.63, 3.8) is 0 Å². The standard InChI is InChI=1S/C17H27N3O3S/c21-24(22,20-8-4-1-5-9-20)18-14-16-6-2-3-7-17(16)15-19-10-12-23-13-11-19/h2-3,6-7,18H,1,4-5,8-15H2. The van der Waals surface area contributed by atoms with Gasteiger partial charge in [0.1, 0.15) is 0 Å². The molecule has 0 aliphatic carbocycles. The Morgan fingerprint density at radius 1 is 0.958 bits per heavy atom. The van der Waals surface area contributed by atoms with Crippen molar-refractivity contribution in [1.29, 1.82) is 0 Å². The minimum absolute atomic E-state index is 0.347. The van der Waals surface area contributed by atoms with E-state index in [9.17, 15) is 8.42 Å². The number of morpholine rings is 1. The van der Waals surface area contributed by atoms with E-state index in [0.29, 0.717) is 19.6 Å². The third kappa shape index (κ3) is 4.77. The summed E-state index contributed by atoms with van der Waals surface area (Å²) in [5.41, 5.74) is 2.23. The molecule has 1 N–H and O–H groups in total. The van der Waals surface area contributed by atoms with Crippen LogP contribution in [0.25, 0.3) is 0 Å². The van der Waals surface area contributed by atoms with Gasteiger partial charge in [-0.1, -0.05) is 30.7 Å². The summed E-state index contributed by atoms with van der Waals surface area (Å²) in [4.78, 5) is 2.35. The number of rotatable bonds is 6. The summed E-state index contributed by atoms with van der Waals surface area (Å²) in [7, 11) is -3.38. The van der Waals surface area contributed by atoms with Gasteiger partial charge in [-0.15, -0.1) is 0 Å². The van der Waals surface area contributed by atoms with E-state index >= 15 is 0 Å². The Labute approximate surface area is 145 Å². The molecule has 2 fully saturated rings. The second-order valence-corrected chi connectivity index (χ2v) is 8.20. The van der Waals surface area contributed by atoms with Crippen molar-refractivity contribution in [3.05, 3.63) is 35.4 Å². The molecule has 3 rings (SSSR count). The van der Waals surface area contributed by atoms with Crippen LogP contribution in [0.2, 0.25) is 0 Å². The van der Waals surface area contributed by atoms with Crippen molar-refractivity contribution < 1.29 is 13.2 Å². The van der Waals surface area contributed by atoms with E-state index in [1.807, 2.05) is 18.2 Å². The lowest BCUT2D eigenvalue weighted by Crippen LogP contribution is -2.43. The molecule has 1 aromatic rings. The second-order valence-electron chi connectivity index (χ2n) is 6.44. The van der Waals surface area contributed by atoms with Crippen LogP contribution in [-0.2, 0) is 28.0 Å². The predicted molar refractivity (Wildman–Crippen MR) is 93.7 cm³/mol. The molecule has 0 bridgehead atoms. The molecule has 2 aliphatic heterocycles. The fourth-order valence-electron chi connectivity index (χ4n) is 3.25. The van der Waals surface area contributed by atoms with Crippen LogP contribution in [0.15, 0.2) is 24.3 Å². The molecule has 0 aromatic heterocycles. The maximum Gasteiger partial charge on any atom is 0.279 e. The number of piperidine rings is 1. The monoisotopic (exact) mass is 353 g/mol. The van der Waals surface area contributed by atoms with Gasteiger partial charge in [-0.05, 0) is 24.0 Å². The molecule has 2 saturated heterocycles. The molecule has 2 aliphatic rings. The number of benzene rings is 1. The van der Waals surface area contributed by atoms with Gasteiger partial charge in [-0.2, -0.15) is 17.4 Å². The van der Waals surface area contributed by atoms with Crippen LogP contribution >= 0.6 is 0 Å². The van der Waals surface area contributed by atoms with Crippen LogP contribution < -0.4 is 4.72 Å². The molecule has 6 nitrogen and oxygen atoms in total. The Morgan fingerprint density at radius 3 is 2.33 bits per heavy atom. The van der Waals surface area contributed by atoms with Gasteiger partial charge in [0.25, 0.3) is 10.2 Å². The third-order valence-corrected chi connectivity index (χ3v) is 6.27. The molecule has 2 heterocycles. The highest BCUT2D eigenvalue weighted by Crippen LogP contribution is 2.15. The molecule has 0 spiro atoms. The van der Waals surface area contributed by atoms with Crippen molar-refractivity contribution in [1.82, 2.24) is 13.9 Å². The Bertz CT molecular complexity index is 624. The van der Waals surface area contributed by atoms with E-state index in [4.69, 9.17) is 4.74 Å². The molecular weight excluding hydrogens is 326 g/mol. The lowest BCUT2D eigenvalue weighted by molar-refractivity contribution is 0.0341. The first-order chi connectivity index (χ1) is 11.6. The van der Waals surface area contributed by atoms with E-state index in [1.165, 1.54) is 5.56 Å². The largest absolute Gasteiger partial charge is 0.379 e. The lowest BCUT2D eigenvalue weighted by Gasteiger charge is -2.28. The summed E-state index contributed by atoms with van der Waals surface area (Å²) in [5.74, 6) is 0. The van der Waals surface area contributed by atoms with Gasteiger partial charge in [-0.3, -0.25) is 4.90 Å². The summed E-state index contributed by atoms with van der Waals surface area (Å²) in [6, 6.07) is 8.07. The second kappa shape index (κ2) is 8.40. The van der Waals surface area contributed by atoms with Gasteiger partial charge in [0, 0.05) is 39.3 Å². The molecule has 0 atom stereocenters. The Balaban J connectivity index is 1.62. The number of nitrogens with one attached hydrogen (secondary N) is 1. The van der Waals surface area contributed by atoms with Crippen LogP contribution in [-0.4, -0.2) is 57.0 Å². The third-order valence-electron chi connectivity index (χ3n) is 4.72. The zero-order valence-corrected chi connectivity index (χ0v) is 14.9. The molecule has 24 heavy (non-hydrogen) atoms. The van der Waals surface area contributed by atoms with Gasteiger partial charge in [0.05, 0.1) is 13.2 Å². The summed E-state index contributed by atoms with van der Waals surface area (Å²) in [6.07, 6.45) is 3.03. The maximum atomic E-state index is 12.4. The molecule has 0 amide bonds. The zero-order valence-electron chi connectivity index (χ0n) is 14.1. The van der Waals surface area contributed by atoms with Crippen molar-refractivity contribution >= 4 is 10.2 Å². The van der Waals surface area contributed by atoms with Crippen molar-refractivity contribution in [2.45, 2.75) is 32.4 Å². The van der Waals surface area contributed by atoms with Crippen LogP contribution in [0.4, 0.5) is 0 Å². The van der Waals surface area contributed by atoms with Crippen molar-refractivity contribution in [2.24, 2.45) is 0 Å². The molecular formula is C17H27N3O3S. The Kier molecular flexibility index (Phi) is 6.24. The smallest absolute Gasteiger partial charge is 0.279 e. The van der Waals surface area contributed by atoms with Crippen LogP contribution in [0, 0.1) is 0 Å². The first-order valence-corrected chi connectivity index (χ1v) is 10.2. The average molecular weight is 353 g/mol. The summed E-state index contributed by atoms with van der Waals surface area (Å²) < 4.78 is 34.6.